The summed E-state index contributed by atoms with van der Waals surface area (Å²) in [5, 5.41) is 0. The van der Waals surface area contributed by atoms with Crippen LogP contribution >= 0.6 is 0 Å². The summed E-state index contributed by atoms with van der Waals surface area (Å²) in [6.07, 6.45) is 10.5. The van der Waals surface area contributed by atoms with Gasteiger partial charge in [0.05, 0.1) is 18.7 Å². The second-order valence-electron chi connectivity index (χ2n) is 9.38. The van der Waals surface area contributed by atoms with Crippen molar-refractivity contribution in [3.05, 3.63) is 53.6 Å². The molecule has 0 bridgehead atoms. The van der Waals surface area contributed by atoms with Crippen LogP contribution < -0.4 is 4.74 Å². The van der Waals surface area contributed by atoms with E-state index in [2.05, 4.69) is 19.1 Å². The molecule has 7 nitrogen and oxygen atoms in total. The molecule has 176 valence electrons. The molecule has 2 aliphatic heterocycles. The number of methoxy groups -OCH3 is 1. The molecule has 1 aromatic carbocycles. The number of carbonyl (C=O) groups excluding carboxylic acids is 3. The van der Waals surface area contributed by atoms with Crippen molar-refractivity contribution in [2.24, 2.45) is 11.3 Å². The third kappa shape index (κ3) is 4.68. The highest BCUT2D eigenvalue weighted by molar-refractivity contribution is 5.90. The molecule has 2 amide bonds. The van der Waals surface area contributed by atoms with Gasteiger partial charge in [0.1, 0.15) is 12.4 Å². The highest BCUT2D eigenvalue weighted by Crippen LogP contribution is 2.39. The summed E-state index contributed by atoms with van der Waals surface area (Å²) >= 11 is 0. The van der Waals surface area contributed by atoms with Gasteiger partial charge in [-0.05, 0) is 31.4 Å². The Morgan fingerprint density at radius 3 is 2.55 bits per heavy atom. The van der Waals surface area contributed by atoms with E-state index in [4.69, 9.17) is 9.47 Å². The number of carbonyl (C=O) groups is 3. The van der Waals surface area contributed by atoms with Crippen LogP contribution in [0.1, 0.15) is 49.0 Å². The number of likely N-dealkylation sites (tertiary alicyclic amines) is 1. The monoisotopic (exact) mass is 452 g/mol. The van der Waals surface area contributed by atoms with Crippen LogP contribution in [0.4, 0.5) is 0 Å². The third-order valence-corrected chi connectivity index (χ3v) is 7.22. The number of benzene rings is 1. The minimum atomic E-state index is -0.417. The first-order valence-electron chi connectivity index (χ1n) is 11.6. The van der Waals surface area contributed by atoms with Crippen LogP contribution in [0.3, 0.4) is 0 Å². The van der Waals surface area contributed by atoms with Gasteiger partial charge in [-0.3, -0.25) is 9.59 Å². The van der Waals surface area contributed by atoms with E-state index in [-0.39, 0.29) is 29.2 Å². The Kier molecular flexibility index (Phi) is 6.58. The number of piperidine rings is 1. The number of nitrogens with zero attached hydrogens (tertiary/aromatic N) is 2. The molecule has 2 heterocycles. The zero-order valence-electron chi connectivity index (χ0n) is 19.6. The van der Waals surface area contributed by atoms with Gasteiger partial charge in [-0.15, -0.1) is 0 Å². The lowest BCUT2D eigenvalue weighted by Crippen LogP contribution is -2.53. The Labute approximate surface area is 195 Å². The smallest absolute Gasteiger partial charge is 0.337 e. The lowest BCUT2D eigenvalue weighted by molar-refractivity contribution is -0.145. The fourth-order valence-electron chi connectivity index (χ4n) is 5.06. The summed E-state index contributed by atoms with van der Waals surface area (Å²) in [6, 6.07) is 5.11. The van der Waals surface area contributed by atoms with E-state index in [0.717, 1.165) is 12.0 Å². The summed E-state index contributed by atoms with van der Waals surface area (Å²) < 4.78 is 11.1. The molecule has 33 heavy (non-hydrogen) atoms. The van der Waals surface area contributed by atoms with Gasteiger partial charge >= 0.3 is 5.97 Å². The van der Waals surface area contributed by atoms with E-state index >= 15 is 0 Å². The Morgan fingerprint density at radius 2 is 1.91 bits per heavy atom. The number of rotatable bonds is 3. The van der Waals surface area contributed by atoms with Gasteiger partial charge in [0.15, 0.2) is 0 Å². The maximum Gasteiger partial charge on any atom is 0.337 e. The zero-order chi connectivity index (χ0) is 23.6. The number of amides is 2. The Hall–Kier alpha value is -3.09. The van der Waals surface area contributed by atoms with Crippen molar-refractivity contribution in [3.63, 3.8) is 0 Å². The molecule has 2 atom stereocenters. The minimum absolute atomic E-state index is 0.0592. The van der Waals surface area contributed by atoms with Gasteiger partial charge < -0.3 is 19.3 Å². The number of fused-ring (bicyclic) bond motifs is 1. The van der Waals surface area contributed by atoms with Crippen molar-refractivity contribution in [2.45, 2.75) is 45.7 Å². The van der Waals surface area contributed by atoms with Crippen LogP contribution in [0, 0.1) is 11.3 Å². The highest BCUT2D eigenvalue weighted by atomic mass is 16.5. The van der Waals surface area contributed by atoms with E-state index < -0.39 is 5.97 Å². The number of hydrogen-bond acceptors (Lipinski definition) is 5. The molecular weight excluding hydrogens is 420 g/mol. The first kappa shape index (κ1) is 23.1. The Morgan fingerprint density at radius 1 is 1.15 bits per heavy atom. The molecule has 0 radical (unpaired) electrons. The standard InChI is InChI=1S/C26H32N2O5/c1-18(29)27-13-9-19(10-14-27)24(30)28-16-21-8-7-20(25(31)32-3)15-22(21)33-17-23(28)26(2)11-5-4-6-12-26/h4-8,11,15,19,23H,9-10,12-14,16-17H2,1-3H3/t23-,26?/m1/s1. The van der Waals surface area contributed by atoms with Crippen LogP contribution in [0.2, 0.25) is 0 Å². The molecule has 3 aliphatic rings. The number of allylic oxidation sites excluding steroid dienone is 3. The van der Waals surface area contributed by atoms with Crippen LogP contribution in [0.25, 0.3) is 0 Å². The zero-order valence-corrected chi connectivity index (χ0v) is 19.6. The van der Waals surface area contributed by atoms with Gasteiger partial charge in [-0.25, -0.2) is 4.79 Å². The largest absolute Gasteiger partial charge is 0.491 e. The first-order valence-corrected chi connectivity index (χ1v) is 11.6. The summed E-state index contributed by atoms with van der Waals surface area (Å²) in [5.74, 6) is 0.249. The molecule has 1 saturated heterocycles. The normalized spacial score (nSPS) is 25.1. The van der Waals surface area contributed by atoms with Crippen LogP contribution in [0.15, 0.2) is 42.5 Å². The summed E-state index contributed by atoms with van der Waals surface area (Å²) in [7, 11) is 1.35. The average molecular weight is 453 g/mol. The van der Waals surface area contributed by atoms with E-state index in [9.17, 15) is 14.4 Å². The second-order valence-corrected chi connectivity index (χ2v) is 9.38. The molecule has 1 aliphatic carbocycles. The van der Waals surface area contributed by atoms with Gasteiger partial charge in [0, 0.05) is 43.5 Å². The maximum atomic E-state index is 13.9. The number of esters is 1. The predicted octanol–water partition coefficient (Wildman–Crippen LogP) is 3.34. The van der Waals surface area contributed by atoms with Gasteiger partial charge in [-0.1, -0.05) is 37.3 Å². The fraction of sp³-hybridized carbons (Fsp3) is 0.500. The maximum absolute atomic E-state index is 13.9. The lowest BCUT2D eigenvalue weighted by Gasteiger charge is -2.43. The second kappa shape index (κ2) is 9.41. The molecule has 4 rings (SSSR count). The molecule has 0 saturated carbocycles. The van der Waals surface area contributed by atoms with Crippen molar-refractivity contribution in [1.29, 1.82) is 0 Å². The van der Waals surface area contributed by atoms with E-state index in [0.29, 0.717) is 50.4 Å². The van der Waals surface area contributed by atoms with E-state index in [1.165, 1.54) is 7.11 Å². The quantitative estimate of drug-likeness (QED) is 0.658. The van der Waals surface area contributed by atoms with Crippen LogP contribution in [-0.2, 0) is 20.9 Å². The highest BCUT2D eigenvalue weighted by Gasteiger charge is 2.43. The van der Waals surface area contributed by atoms with E-state index in [1.54, 1.807) is 19.1 Å². The predicted molar refractivity (Wildman–Crippen MR) is 124 cm³/mol. The lowest BCUT2D eigenvalue weighted by atomic mass is 9.76. The van der Waals surface area contributed by atoms with Gasteiger partial charge in [0.25, 0.3) is 0 Å². The minimum Gasteiger partial charge on any atom is -0.491 e. The van der Waals surface area contributed by atoms with Gasteiger partial charge in [-0.2, -0.15) is 0 Å². The molecule has 0 aromatic heterocycles. The molecule has 1 fully saturated rings. The Bertz CT molecular complexity index is 992. The number of ether oxygens (including phenoxy) is 2. The number of hydrogen-bond donors (Lipinski definition) is 0. The summed E-state index contributed by atoms with van der Waals surface area (Å²) in [5.41, 5.74) is 1.03. The van der Waals surface area contributed by atoms with Crippen molar-refractivity contribution in [3.8, 4) is 5.75 Å². The van der Waals surface area contributed by atoms with Crippen molar-refractivity contribution in [2.75, 3.05) is 26.8 Å². The van der Waals surface area contributed by atoms with Crippen LogP contribution in [0.5, 0.6) is 5.75 Å². The van der Waals surface area contributed by atoms with E-state index in [1.807, 2.05) is 28.0 Å². The van der Waals surface area contributed by atoms with Crippen LogP contribution in [-0.4, -0.2) is 60.4 Å². The Balaban J connectivity index is 1.63. The van der Waals surface area contributed by atoms with Gasteiger partial charge in [0.2, 0.25) is 11.8 Å². The topological polar surface area (TPSA) is 76.2 Å². The van der Waals surface area contributed by atoms with Crippen molar-refractivity contribution in [1.82, 2.24) is 9.80 Å². The molecule has 7 heteroatoms. The van der Waals surface area contributed by atoms with Crippen molar-refractivity contribution < 1.29 is 23.9 Å². The average Bonchev–Trinajstić information content (AvgIpc) is 3.03. The summed E-state index contributed by atoms with van der Waals surface area (Å²) in [6.45, 7) is 5.72. The molecular formula is C26H32N2O5. The first-order chi connectivity index (χ1) is 15.8. The third-order valence-electron chi connectivity index (χ3n) is 7.22. The molecule has 1 unspecified atom stereocenters. The SMILES string of the molecule is COC(=O)c1ccc2c(c1)OC[C@H](C1(C)C=CC=CC1)N(C(=O)C1CCN(C(C)=O)CC1)C2. The molecule has 0 spiro atoms. The molecule has 0 N–H and O–H groups in total. The fourth-order valence-corrected chi connectivity index (χ4v) is 5.06. The van der Waals surface area contributed by atoms with Crippen molar-refractivity contribution >= 4 is 17.8 Å². The summed E-state index contributed by atoms with van der Waals surface area (Å²) in [4.78, 5) is 41.4. The molecule has 1 aromatic rings.